The maximum atomic E-state index is 13.3. The molecule has 4 rings (SSSR count). The maximum absolute atomic E-state index is 13.3. The summed E-state index contributed by atoms with van der Waals surface area (Å²) in [5.74, 6) is -0.352. The zero-order chi connectivity index (χ0) is 21.4. The molecule has 2 N–H and O–H groups in total. The van der Waals surface area contributed by atoms with E-state index in [0.29, 0.717) is 23.2 Å². The van der Waals surface area contributed by atoms with Gasteiger partial charge in [-0.3, -0.25) is 9.20 Å². The van der Waals surface area contributed by atoms with E-state index in [2.05, 4.69) is 0 Å². The lowest BCUT2D eigenvalue weighted by Crippen LogP contribution is -2.42. The third-order valence-corrected chi connectivity index (χ3v) is 5.13. The van der Waals surface area contributed by atoms with Gasteiger partial charge in [-0.05, 0) is 38.5 Å². The number of carbonyl (C=O) groups is 1. The quantitative estimate of drug-likeness (QED) is 0.321. The Kier molecular flexibility index (Phi) is 4.95. The highest BCUT2D eigenvalue weighted by atomic mass is 16.5. The number of hydrogen-bond acceptors (Lipinski definition) is 5. The molecule has 152 valence electrons. The van der Waals surface area contributed by atoms with Crippen LogP contribution in [0.25, 0.3) is 16.7 Å². The van der Waals surface area contributed by atoms with Crippen molar-refractivity contribution in [3.8, 4) is 0 Å². The highest BCUT2D eigenvalue weighted by Gasteiger charge is 2.25. The first-order valence-electron chi connectivity index (χ1n) is 9.77. The molecule has 0 unspecified atom stereocenters. The number of hydrogen-bond donors (Lipinski definition) is 1. The van der Waals surface area contributed by atoms with E-state index in [-0.39, 0.29) is 23.5 Å². The van der Waals surface area contributed by atoms with Crippen LogP contribution in [-0.2, 0) is 11.3 Å². The number of esters is 1. The number of fused-ring (bicyclic) bond motifs is 2. The van der Waals surface area contributed by atoms with Crippen LogP contribution in [0.15, 0.2) is 53.5 Å². The lowest BCUT2D eigenvalue weighted by Gasteiger charge is -2.12. The molecule has 0 amide bonds. The zero-order valence-corrected chi connectivity index (χ0v) is 17.2. The van der Waals surface area contributed by atoms with Crippen molar-refractivity contribution < 1.29 is 14.1 Å². The molecule has 0 aliphatic rings. The summed E-state index contributed by atoms with van der Waals surface area (Å²) < 4.78 is 8.36. The lowest BCUT2D eigenvalue weighted by atomic mass is 10.1. The highest BCUT2D eigenvalue weighted by molar-refractivity contribution is 5.96. The van der Waals surface area contributed by atoms with E-state index < -0.39 is 5.97 Å². The SMILES string of the molecule is CCOC(=O)c1cc2c(=O)n3cccc(C)c3nc2[n+](Cc2ccc(C)cc2)c1N. The molecule has 3 aromatic heterocycles. The van der Waals surface area contributed by atoms with Crippen molar-refractivity contribution in [2.45, 2.75) is 27.3 Å². The fraction of sp³-hybridized carbons (Fsp3) is 0.217. The summed E-state index contributed by atoms with van der Waals surface area (Å²) in [4.78, 5) is 30.5. The van der Waals surface area contributed by atoms with Crippen molar-refractivity contribution in [2.75, 3.05) is 12.3 Å². The van der Waals surface area contributed by atoms with E-state index in [0.717, 1.165) is 16.7 Å². The van der Waals surface area contributed by atoms with Crippen LogP contribution in [0, 0.1) is 13.8 Å². The molecule has 0 spiro atoms. The van der Waals surface area contributed by atoms with Crippen LogP contribution < -0.4 is 15.9 Å². The van der Waals surface area contributed by atoms with Crippen LogP contribution in [-0.4, -0.2) is 22.0 Å². The standard InChI is InChI=1S/C23H22N4O3/c1-4-30-23(29)17-12-18-21(25-20-15(3)6-5-11-26(20)22(18)28)27(19(17)24)13-16-9-7-14(2)8-10-16/h5-12,24H,4,13H2,1-3H3/p+1. The van der Waals surface area contributed by atoms with E-state index >= 15 is 0 Å². The second-order valence-electron chi connectivity index (χ2n) is 7.27. The second-order valence-corrected chi connectivity index (χ2v) is 7.27. The Morgan fingerprint density at radius 1 is 1.20 bits per heavy atom. The van der Waals surface area contributed by atoms with Gasteiger partial charge in [0.1, 0.15) is 10.9 Å². The number of aryl methyl sites for hydroxylation is 2. The van der Waals surface area contributed by atoms with Gasteiger partial charge in [0.05, 0.1) is 13.2 Å². The van der Waals surface area contributed by atoms with Crippen molar-refractivity contribution in [1.29, 1.82) is 0 Å². The summed E-state index contributed by atoms with van der Waals surface area (Å²) in [7, 11) is 0. The lowest BCUT2D eigenvalue weighted by molar-refractivity contribution is -0.649. The number of benzene rings is 1. The second kappa shape index (κ2) is 7.59. The molecule has 1 aromatic carbocycles. The van der Waals surface area contributed by atoms with Gasteiger partial charge < -0.3 is 10.5 Å². The number of ether oxygens (including phenoxy) is 1. The molecule has 4 aromatic rings. The Labute approximate surface area is 173 Å². The molecule has 7 nitrogen and oxygen atoms in total. The van der Waals surface area contributed by atoms with Gasteiger partial charge >= 0.3 is 5.97 Å². The largest absolute Gasteiger partial charge is 0.462 e. The number of pyridine rings is 2. The van der Waals surface area contributed by atoms with Gasteiger partial charge in [-0.15, -0.1) is 0 Å². The van der Waals surface area contributed by atoms with Crippen LogP contribution in [0.1, 0.15) is 34.0 Å². The molecule has 7 heteroatoms. The van der Waals surface area contributed by atoms with Crippen LogP contribution in [0.2, 0.25) is 0 Å². The average Bonchev–Trinajstić information content (AvgIpc) is 2.72. The Balaban J connectivity index is 2.07. The van der Waals surface area contributed by atoms with Gasteiger partial charge in [0.15, 0.2) is 0 Å². The molecule has 0 atom stereocenters. The molecule has 0 saturated heterocycles. The van der Waals surface area contributed by atoms with Gasteiger partial charge in [0, 0.05) is 11.8 Å². The first-order valence-corrected chi connectivity index (χ1v) is 9.77. The minimum absolute atomic E-state index is 0.156. The smallest absolute Gasteiger partial charge is 0.344 e. The summed E-state index contributed by atoms with van der Waals surface area (Å²) in [5, 5.41) is 0.308. The molecule has 0 aliphatic carbocycles. The summed E-state index contributed by atoms with van der Waals surface area (Å²) in [6.45, 7) is 6.21. The van der Waals surface area contributed by atoms with Crippen molar-refractivity contribution >= 4 is 28.5 Å². The molecule has 3 heterocycles. The average molecular weight is 403 g/mol. The van der Waals surface area contributed by atoms with Gasteiger partial charge in [-0.25, -0.2) is 9.36 Å². The Morgan fingerprint density at radius 3 is 2.63 bits per heavy atom. The Hall–Kier alpha value is -3.74. The molecule has 0 aliphatic heterocycles. The molecular weight excluding hydrogens is 380 g/mol. The number of anilines is 1. The number of carbonyl (C=O) groups excluding carboxylic acids is 1. The maximum Gasteiger partial charge on any atom is 0.344 e. The van der Waals surface area contributed by atoms with E-state index in [1.807, 2.05) is 44.2 Å². The molecule has 0 fully saturated rings. The fourth-order valence-corrected chi connectivity index (χ4v) is 3.52. The molecular formula is C23H23N4O3+. The van der Waals surface area contributed by atoms with Gasteiger partial charge in [-0.2, -0.15) is 0 Å². The number of nitrogens with zero attached hydrogens (tertiary/aromatic N) is 3. The van der Waals surface area contributed by atoms with E-state index in [1.54, 1.807) is 23.8 Å². The van der Waals surface area contributed by atoms with Crippen molar-refractivity contribution in [3.05, 3.63) is 81.3 Å². The van der Waals surface area contributed by atoms with Crippen LogP contribution in [0.3, 0.4) is 0 Å². The van der Waals surface area contributed by atoms with Crippen molar-refractivity contribution in [3.63, 3.8) is 0 Å². The number of nitrogen functional groups attached to an aromatic ring is 1. The molecule has 0 radical (unpaired) electrons. The van der Waals surface area contributed by atoms with Crippen molar-refractivity contribution in [2.24, 2.45) is 0 Å². The first kappa shape index (κ1) is 19.6. The zero-order valence-electron chi connectivity index (χ0n) is 17.2. The van der Waals surface area contributed by atoms with E-state index in [9.17, 15) is 9.59 Å². The minimum Gasteiger partial charge on any atom is -0.462 e. The number of nitrogens with two attached hydrogens (primary N) is 1. The van der Waals surface area contributed by atoms with Crippen molar-refractivity contribution in [1.82, 2.24) is 9.38 Å². The predicted molar refractivity (Wildman–Crippen MR) is 115 cm³/mol. The van der Waals surface area contributed by atoms with Crippen LogP contribution in [0.4, 0.5) is 5.82 Å². The molecule has 0 saturated carbocycles. The topological polar surface area (TPSA) is 90.6 Å². The summed E-state index contributed by atoms with van der Waals surface area (Å²) in [6, 6.07) is 13.2. The first-order chi connectivity index (χ1) is 14.4. The van der Waals surface area contributed by atoms with Gasteiger partial charge in [0.25, 0.3) is 11.2 Å². The number of rotatable bonds is 4. The normalized spacial score (nSPS) is 11.2. The van der Waals surface area contributed by atoms with Crippen LogP contribution in [0.5, 0.6) is 0 Å². The summed E-state index contributed by atoms with van der Waals surface area (Å²) in [6.07, 6.45) is 1.67. The van der Waals surface area contributed by atoms with E-state index in [4.69, 9.17) is 15.5 Å². The van der Waals surface area contributed by atoms with E-state index in [1.165, 1.54) is 10.5 Å². The number of aromatic nitrogens is 3. The summed E-state index contributed by atoms with van der Waals surface area (Å²) >= 11 is 0. The van der Waals surface area contributed by atoms with Crippen LogP contribution >= 0.6 is 0 Å². The fourth-order valence-electron chi connectivity index (χ4n) is 3.52. The third kappa shape index (κ3) is 3.28. The van der Waals surface area contributed by atoms with Gasteiger partial charge in [0.2, 0.25) is 11.5 Å². The van der Waals surface area contributed by atoms with Gasteiger partial charge in [-0.1, -0.05) is 40.9 Å². The Morgan fingerprint density at radius 2 is 1.93 bits per heavy atom. The third-order valence-electron chi connectivity index (χ3n) is 5.13. The monoisotopic (exact) mass is 403 g/mol. The summed E-state index contributed by atoms with van der Waals surface area (Å²) in [5.41, 5.74) is 10.3. The highest BCUT2D eigenvalue weighted by Crippen LogP contribution is 2.17. The molecule has 0 bridgehead atoms. The predicted octanol–water partition coefficient (Wildman–Crippen LogP) is 2.56. The minimum atomic E-state index is -0.566. The molecule has 30 heavy (non-hydrogen) atoms. The Bertz CT molecular complexity index is 1340.